The summed E-state index contributed by atoms with van der Waals surface area (Å²) in [6, 6.07) is 13.6. The van der Waals surface area contributed by atoms with Crippen LogP contribution in [0.25, 0.3) is 10.2 Å². The van der Waals surface area contributed by atoms with Gasteiger partial charge in [0.25, 0.3) is 0 Å². The van der Waals surface area contributed by atoms with Crippen LogP contribution in [0.5, 0.6) is 0 Å². The number of quaternary nitrogens is 1. The number of piperazine rings is 1. The summed E-state index contributed by atoms with van der Waals surface area (Å²) in [5.41, 5.74) is 1.01. The van der Waals surface area contributed by atoms with E-state index in [9.17, 15) is 12.8 Å². The van der Waals surface area contributed by atoms with Gasteiger partial charge in [-0.3, -0.25) is 0 Å². The van der Waals surface area contributed by atoms with Crippen molar-refractivity contribution in [1.82, 2.24) is 9.29 Å². The Balaban J connectivity index is 1.43. The molecule has 0 unspecified atom stereocenters. The molecule has 0 spiro atoms. The maximum absolute atomic E-state index is 13.9. The zero-order valence-electron chi connectivity index (χ0n) is 14.1. The molecule has 136 valence electrons. The fourth-order valence-electron chi connectivity index (χ4n) is 3.22. The van der Waals surface area contributed by atoms with Gasteiger partial charge in [-0.2, -0.15) is 4.31 Å². The van der Waals surface area contributed by atoms with Crippen molar-refractivity contribution in [2.45, 2.75) is 11.4 Å². The van der Waals surface area contributed by atoms with Crippen LogP contribution in [0.1, 0.15) is 5.01 Å². The van der Waals surface area contributed by atoms with Crippen molar-refractivity contribution >= 4 is 31.6 Å². The van der Waals surface area contributed by atoms with Crippen LogP contribution >= 0.6 is 11.3 Å². The number of rotatable bonds is 4. The lowest BCUT2D eigenvalue weighted by atomic mass is 10.3. The van der Waals surface area contributed by atoms with E-state index in [1.54, 1.807) is 17.4 Å². The Bertz CT molecular complexity index is 995. The summed E-state index contributed by atoms with van der Waals surface area (Å²) in [6.07, 6.45) is 0. The molecule has 0 atom stereocenters. The number of aromatic nitrogens is 1. The van der Waals surface area contributed by atoms with Crippen molar-refractivity contribution in [2.75, 3.05) is 26.2 Å². The topological polar surface area (TPSA) is 54.7 Å². The van der Waals surface area contributed by atoms with E-state index in [0.29, 0.717) is 26.2 Å². The van der Waals surface area contributed by atoms with Gasteiger partial charge in [0, 0.05) is 0 Å². The Labute approximate surface area is 155 Å². The Morgan fingerprint density at radius 1 is 1.08 bits per heavy atom. The minimum atomic E-state index is -3.78. The van der Waals surface area contributed by atoms with Crippen LogP contribution in [0.3, 0.4) is 0 Å². The average Bonchev–Trinajstić information content (AvgIpc) is 3.04. The Morgan fingerprint density at radius 3 is 2.50 bits per heavy atom. The standard InChI is InChI=1S/C18H18FN3O2S2/c19-14-5-1-4-8-17(14)26(23,24)22-11-9-21(10-12-22)13-18-20-15-6-2-3-7-16(15)25-18/h1-8H,9-13H2/p+1. The molecule has 1 aliphatic heterocycles. The molecule has 4 rings (SSSR count). The molecule has 26 heavy (non-hydrogen) atoms. The maximum Gasteiger partial charge on any atom is 0.246 e. The number of hydrogen-bond acceptors (Lipinski definition) is 4. The van der Waals surface area contributed by atoms with E-state index in [4.69, 9.17) is 0 Å². The van der Waals surface area contributed by atoms with Gasteiger partial charge in [0.1, 0.15) is 22.3 Å². The molecule has 0 bridgehead atoms. The largest absolute Gasteiger partial charge is 0.327 e. The van der Waals surface area contributed by atoms with E-state index in [-0.39, 0.29) is 4.90 Å². The quantitative estimate of drug-likeness (QED) is 0.733. The lowest BCUT2D eigenvalue weighted by Crippen LogP contribution is -3.13. The third-order valence-electron chi connectivity index (χ3n) is 4.62. The lowest BCUT2D eigenvalue weighted by molar-refractivity contribution is -0.917. The molecule has 1 aliphatic rings. The summed E-state index contributed by atoms with van der Waals surface area (Å²) in [6.45, 7) is 2.92. The van der Waals surface area contributed by atoms with Crippen LogP contribution in [-0.2, 0) is 16.6 Å². The van der Waals surface area contributed by atoms with Gasteiger partial charge in [0.2, 0.25) is 10.0 Å². The van der Waals surface area contributed by atoms with Gasteiger partial charge in [0.05, 0.1) is 36.4 Å². The Morgan fingerprint density at radius 2 is 1.77 bits per heavy atom. The molecule has 1 saturated heterocycles. The van der Waals surface area contributed by atoms with Crippen molar-refractivity contribution in [2.24, 2.45) is 0 Å². The Kier molecular flexibility index (Phi) is 4.74. The maximum atomic E-state index is 13.9. The monoisotopic (exact) mass is 392 g/mol. The fraction of sp³-hybridized carbons (Fsp3) is 0.278. The molecule has 8 heteroatoms. The molecule has 2 heterocycles. The van der Waals surface area contributed by atoms with E-state index in [2.05, 4.69) is 11.1 Å². The highest BCUT2D eigenvalue weighted by Gasteiger charge is 2.32. The minimum Gasteiger partial charge on any atom is -0.327 e. The predicted molar refractivity (Wildman–Crippen MR) is 99.2 cm³/mol. The molecule has 0 saturated carbocycles. The van der Waals surface area contributed by atoms with Crippen molar-refractivity contribution in [3.63, 3.8) is 0 Å². The van der Waals surface area contributed by atoms with Gasteiger partial charge in [-0.05, 0) is 24.3 Å². The number of halogens is 1. The van der Waals surface area contributed by atoms with Crippen LogP contribution in [0.15, 0.2) is 53.4 Å². The Hall–Kier alpha value is -1.87. The normalized spacial score (nSPS) is 17.0. The van der Waals surface area contributed by atoms with E-state index in [0.717, 1.165) is 17.1 Å². The second-order valence-corrected chi connectivity index (χ2v) is 9.36. The second-order valence-electron chi connectivity index (χ2n) is 6.34. The van der Waals surface area contributed by atoms with Crippen LogP contribution in [-0.4, -0.2) is 43.9 Å². The third-order valence-corrected chi connectivity index (χ3v) is 7.59. The summed E-state index contributed by atoms with van der Waals surface area (Å²) < 4.78 is 41.8. The molecule has 0 aliphatic carbocycles. The van der Waals surface area contributed by atoms with Gasteiger partial charge < -0.3 is 4.90 Å². The first kappa shape index (κ1) is 17.5. The molecule has 1 aromatic heterocycles. The summed E-state index contributed by atoms with van der Waals surface area (Å²) in [5.74, 6) is -0.697. The zero-order chi connectivity index (χ0) is 18.1. The lowest BCUT2D eigenvalue weighted by Gasteiger charge is -2.31. The SMILES string of the molecule is O=S(=O)(c1ccccc1F)N1CC[NH+](Cc2nc3ccccc3s2)CC1. The molecule has 1 fully saturated rings. The first-order valence-corrected chi connectivity index (χ1v) is 10.7. The molecular formula is C18H19FN3O2S2+. The van der Waals surface area contributed by atoms with Crippen molar-refractivity contribution < 1.29 is 17.7 Å². The molecule has 3 aromatic rings. The van der Waals surface area contributed by atoms with Crippen LogP contribution in [0.4, 0.5) is 4.39 Å². The number of fused-ring (bicyclic) bond motifs is 1. The third kappa shape index (κ3) is 3.37. The molecule has 5 nitrogen and oxygen atoms in total. The van der Waals surface area contributed by atoms with E-state index < -0.39 is 15.8 Å². The second kappa shape index (κ2) is 7.03. The highest BCUT2D eigenvalue weighted by Crippen LogP contribution is 2.21. The molecule has 0 radical (unpaired) electrons. The number of thiazole rings is 1. The average molecular weight is 393 g/mol. The zero-order valence-corrected chi connectivity index (χ0v) is 15.7. The smallest absolute Gasteiger partial charge is 0.246 e. The number of sulfonamides is 1. The van der Waals surface area contributed by atoms with E-state index >= 15 is 0 Å². The van der Waals surface area contributed by atoms with Crippen LogP contribution in [0, 0.1) is 5.82 Å². The van der Waals surface area contributed by atoms with Gasteiger partial charge in [0.15, 0.2) is 0 Å². The van der Waals surface area contributed by atoms with Crippen molar-refractivity contribution in [1.29, 1.82) is 0 Å². The molecule has 1 N–H and O–H groups in total. The highest BCUT2D eigenvalue weighted by molar-refractivity contribution is 7.89. The van der Waals surface area contributed by atoms with Gasteiger partial charge in [-0.1, -0.05) is 24.3 Å². The van der Waals surface area contributed by atoms with Gasteiger partial charge in [-0.15, -0.1) is 11.3 Å². The van der Waals surface area contributed by atoms with Crippen LogP contribution < -0.4 is 4.90 Å². The van der Waals surface area contributed by atoms with Crippen molar-refractivity contribution in [3.05, 3.63) is 59.4 Å². The minimum absolute atomic E-state index is 0.241. The molecule has 0 amide bonds. The first-order valence-electron chi connectivity index (χ1n) is 8.47. The highest BCUT2D eigenvalue weighted by atomic mass is 32.2. The summed E-state index contributed by atoms with van der Waals surface area (Å²) in [7, 11) is -3.78. The summed E-state index contributed by atoms with van der Waals surface area (Å²) >= 11 is 1.68. The number of para-hydroxylation sites is 1. The summed E-state index contributed by atoms with van der Waals surface area (Å²) in [5, 5.41) is 1.06. The number of nitrogens with one attached hydrogen (secondary N) is 1. The van der Waals surface area contributed by atoms with Gasteiger partial charge in [-0.25, -0.2) is 17.8 Å². The van der Waals surface area contributed by atoms with E-state index in [1.807, 2.05) is 18.2 Å². The van der Waals surface area contributed by atoms with Gasteiger partial charge >= 0.3 is 0 Å². The molecule has 2 aromatic carbocycles. The molecular weight excluding hydrogens is 373 g/mol. The summed E-state index contributed by atoms with van der Waals surface area (Å²) in [4.78, 5) is 5.70. The predicted octanol–water partition coefficient (Wildman–Crippen LogP) is 1.52. The van der Waals surface area contributed by atoms with Crippen molar-refractivity contribution in [3.8, 4) is 0 Å². The number of hydrogen-bond donors (Lipinski definition) is 1. The number of nitrogens with zero attached hydrogens (tertiary/aromatic N) is 2. The van der Waals surface area contributed by atoms with Crippen LogP contribution in [0.2, 0.25) is 0 Å². The number of benzene rings is 2. The first-order chi connectivity index (χ1) is 12.5. The van der Waals surface area contributed by atoms with E-state index in [1.165, 1.54) is 32.1 Å². The fourth-order valence-corrected chi connectivity index (χ4v) is 5.77.